The van der Waals surface area contributed by atoms with Gasteiger partial charge in [0.15, 0.2) is 4.80 Å². The van der Waals surface area contributed by atoms with Crippen molar-refractivity contribution in [1.82, 2.24) is 4.57 Å². The summed E-state index contributed by atoms with van der Waals surface area (Å²) in [5.41, 5.74) is 3.48. The van der Waals surface area contributed by atoms with Crippen molar-refractivity contribution < 1.29 is 14.3 Å². The first-order valence-electron chi connectivity index (χ1n) is 10.9. The van der Waals surface area contributed by atoms with Gasteiger partial charge in [0.1, 0.15) is 5.75 Å². The zero-order valence-corrected chi connectivity index (χ0v) is 20.7. The molecule has 0 spiro atoms. The lowest BCUT2D eigenvalue weighted by Gasteiger charge is -2.24. The SMILES string of the molecule is CCOC(=O)C1=C(C)N=c2s/c(=C\c3ccc(N(C)C)cc3)c(=O)n2C1c1ccc(OC)cc1. The third-order valence-electron chi connectivity index (χ3n) is 5.66. The highest BCUT2D eigenvalue weighted by Crippen LogP contribution is 2.31. The number of hydrogen-bond donors (Lipinski definition) is 0. The smallest absolute Gasteiger partial charge is 0.338 e. The van der Waals surface area contributed by atoms with Gasteiger partial charge in [0.25, 0.3) is 5.56 Å². The van der Waals surface area contributed by atoms with Crippen molar-refractivity contribution in [2.45, 2.75) is 19.9 Å². The van der Waals surface area contributed by atoms with Gasteiger partial charge in [0.2, 0.25) is 0 Å². The van der Waals surface area contributed by atoms with E-state index in [2.05, 4.69) is 4.99 Å². The van der Waals surface area contributed by atoms with Crippen LogP contribution in [0, 0.1) is 0 Å². The molecular formula is C26H27N3O4S. The van der Waals surface area contributed by atoms with Crippen LogP contribution in [0.4, 0.5) is 5.69 Å². The van der Waals surface area contributed by atoms with Gasteiger partial charge in [-0.15, -0.1) is 0 Å². The van der Waals surface area contributed by atoms with Crippen LogP contribution in [0.15, 0.2) is 69.6 Å². The number of esters is 1. The van der Waals surface area contributed by atoms with E-state index in [1.165, 1.54) is 11.3 Å². The number of methoxy groups -OCH3 is 1. The molecule has 7 nitrogen and oxygen atoms in total. The Balaban J connectivity index is 1.89. The Morgan fingerprint density at radius 3 is 2.41 bits per heavy atom. The fraction of sp³-hybridized carbons (Fsp3) is 0.269. The molecular weight excluding hydrogens is 450 g/mol. The number of rotatable bonds is 6. The first-order valence-corrected chi connectivity index (χ1v) is 11.8. The quantitative estimate of drug-likeness (QED) is 0.511. The maximum Gasteiger partial charge on any atom is 0.338 e. The van der Waals surface area contributed by atoms with Gasteiger partial charge in [-0.1, -0.05) is 35.6 Å². The molecule has 3 aromatic rings. The summed E-state index contributed by atoms with van der Waals surface area (Å²) in [5.74, 6) is 0.217. The summed E-state index contributed by atoms with van der Waals surface area (Å²) >= 11 is 1.31. The number of benzene rings is 2. The normalized spacial score (nSPS) is 15.6. The monoisotopic (exact) mass is 477 g/mol. The standard InChI is InChI=1S/C26H27N3O4S/c1-6-33-25(31)22-16(2)27-26-29(23(22)18-9-13-20(32-5)14-10-18)24(30)21(34-26)15-17-7-11-19(12-8-17)28(3)4/h7-15,23H,6H2,1-5H3/b21-15-. The molecule has 1 aliphatic rings. The number of nitrogens with zero attached hydrogens (tertiary/aromatic N) is 3. The second kappa shape index (κ2) is 9.69. The van der Waals surface area contributed by atoms with Crippen LogP contribution in [0.5, 0.6) is 5.75 Å². The summed E-state index contributed by atoms with van der Waals surface area (Å²) in [4.78, 5) is 33.7. The van der Waals surface area contributed by atoms with E-state index in [1.807, 2.05) is 73.6 Å². The topological polar surface area (TPSA) is 73.1 Å². The van der Waals surface area contributed by atoms with Crippen molar-refractivity contribution in [3.63, 3.8) is 0 Å². The van der Waals surface area contributed by atoms with E-state index in [4.69, 9.17) is 9.47 Å². The minimum atomic E-state index is -0.639. The number of aromatic nitrogens is 1. The Hall–Kier alpha value is -3.65. The Bertz CT molecular complexity index is 1410. The maximum atomic E-state index is 13.6. The average Bonchev–Trinajstić information content (AvgIpc) is 3.13. The van der Waals surface area contributed by atoms with Gasteiger partial charge in [-0.3, -0.25) is 9.36 Å². The minimum Gasteiger partial charge on any atom is -0.497 e. The number of carbonyl (C=O) groups is 1. The Morgan fingerprint density at radius 1 is 1.15 bits per heavy atom. The predicted octanol–water partition coefficient (Wildman–Crippen LogP) is 2.87. The summed E-state index contributed by atoms with van der Waals surface area (Å²) in [6.07, 6.45) is 1.86. The molecule has 1 aliphatic heterocycles. The molecule has 0 saturated heterocycles. The van der Waals surface area contributed by atoms with Gasteiger partial charge in [-0.25, -0.2) is 9.79 Å². The zero-order chi connectivity index (χ0) is 24.4. The number of carbonyl (C=O) groups excluding carboxylic acids is 1. The fourth-order valence-electron chi connectivity index (χ4n) is 3.91. The molecule has 0 N–H and O–H groups in total. The lowest BCUT2D eigenvalue weighted by atomic mass is 9.96. The number of anilines is 1. The Labute approximate surface area is 201 Å². The van der Waals surface area contributed by atoms with Gasteiger partial charge in [0.05, 0.1) is 35.6 Å². The van der Waals surface area contributed by atoms with Crippen molar-refractivity contribution in [3.8, 4) is 5.75 Å². The highest BCUT2D eigenvalue weighted by atomic mass is 32.1. The summed E-state index contributed by atoms with van der Waals surface area (Å²) in [5, 5.41) is 0. The summed E-state index contributed by atoms with van der Waals surface area (Å²) in [6, 6.07) is 14.7. The first-order chi connectivity index (χ1) is 16.3. The molecule has 0 radical (unpaired) electrons. The largest absolute Gasteiger partial charge is 0.497 e. The van der Waals surface area contributed by atoms with E-state index >= 15 is 0 Å². The van der Waals surface area contributed by atoms with Crippen LogP contribution < -0.4 is 24.5 Å². The third-order valence-corrected chi connectivity index (χ3v) is 6.64. The van der Waals surface area contributed by atoms with E-state index < -0.39 is 12.0 Å². The van der Waals surface area contributed by atoms with E-state index in [0.717, 1.165) is 16.8 Å². The molecule has 0 fully saturated rings. The van der Waals surface area contributed by atoms with Gasteiger partial charge in [-0.2, -0.15) is 0 Å². The zero-order valence-electron chi connectivity index (χ0n) is 19.9. The van der Waals surface area contributed by atoms with Crippen LogP contribution in [0.25, 0.3) is 6.08 Å². The second-order valence-electron chi connectivity index (χ2n) is 8.06. The molecule has 34 heavy (non-hydrogen) atoms. The van der Waals surface area contributed by atoms with Crippen LogP contribution in [-0.4, -0.2) is 38.3 Å². The Kier molecular flexibility index (Phi) is 6.70. The van der Waals surface area contributed by atoms with Gasteiger partial charge < -0.3 is 14.4 Å². The molecule has 1 unspecified atom stereocenters. The van der Waals surface area contributed by atoms with Crippen molar-refractivity contribution in [2.24, 2.45) is 4.99 Å². The van der Waals surface area contributed by atoms with Crippen molar-refractivity contribution >= 4 is 29.1 Å². The highest BCUT2D eigenvalue weighted by Gasteiger charge is 2.33. The molecule has 1 atom stereocenters. The van der Waals surface area contributed by atoms with Gasteiger partial charge >= 0.3 is 5.97 Å². The fourth-order valence-corrected chi connectivity index (χ4v) is 4.96. The first kappa shape index (κ1) is 23.5. The molecule has 1 aromatic heterocycles. The summed E-state index contributed by atoms with van der Waals surface area (Å²) < 4.78 is 12.7. The molecule has 0 amide bonds. The molecule has 2 heterocycles. The number of allylic oxidation sites excluding steroid dienone is 1. The van der Waals surface area contributed by atoms with E-state index in [9.17, 15) is 9.59 Å². The Morgan fingerprint density at radius 2 is 1.82 bits per heavy atom. The third kappa shape index (κ3) is 4.41. The summed E-state index contributed by atoms with van der Waals surface area (Å²) in [6.45, 7) is 3.77. The molecule has 176 valence electrons. The molecule has 4 rings (SSSR count). The summed E-state index contributed by atoms with van der Waals surface area (Å²) in [7, 11) is 5.56. The van der Waals surface area contributed by atoms with Crippen LogP contribution >= 0.6 is 11.3 Å². The van der Waals surface area contributed by atoms with Crippen LogP contribution in [0.2, 0.25) is 0 Å². The van der Waals surface area contributed by atoms with Crippen LogP contribution in [0.1, 0.15) is 31.0 Å². The van der Waals surface area contributed by atoms with Gasteiger partial charge in [-0.05, 0) is 55.3 Å². The van der Waals surface area contributed by atoms with E-state index in [-0.39, 0.29) is 12.2 Å². The van der Waals surface area contributed by atoms with Crippen molar-refractivity contribution in [2.75, 3.05) is 32.7 Å². The molecule has 0 bridgehead atoms. The lowest BCUT2D eigenvalue weighted by molar-refractivity contribution is -0.139. The number of fused-ring (bicyclic) bond motifs is 1. The minimum absolute atomic E-state index is 0.199. The lowest BCUT2D eigenvalue weighted by Crippen LogP contribution is -2.39. The van der Waals surface area contributed by atoms with E-state index in [0.29, 0.717) is 26.4 Å². The average molecular weight is 478 g/mol. The number of hydrogen-bond acceptors (Lipinski definition) is 7. The van der Waals surface area contributed by atoms with Crippen molar-refractivity contribution in [3.05, 3.63) is 90.6 Å². The number of thiazole rings is 1. The molecule has 8 heteroatoms. The van der Waals surface area contributed by atoms with Crippen LogP contribution in [0.3, 0.4) is 0 Å². The van der Waals surface area contributed by atoms with E-state index in [1.54, 1.807) is 25.5 Å². The highest BCUT2D eigenvalue weighted by molar-refractivity contribution is 7.07. The molecule has 0 saturated carbocycles. The molecule has 2 aromatic carbocycles. The number of ether oxygens (including phenoxy) is 2. The second-order valence-corrected chi connectivity index (χ2v) is 9.07. The van der Waals surface area contributed by atoms with Gasteiger partial charge in [0, 0.05) is 19.8 Å². The predicted molar refractivity (Wildman–Crippen MR) is 134 cm³/mol. The maximum absolute atomic E-state index is 13.6. The van der Waals surface area contributed by atoms with Crippen LogP contribution in [-0.2, 0) is 9.53 Å². The molecule has 0 aliphatic carbocycles. The van der Waals surface area contributed by atoms with Crippen molar-refractivity contribution in [1.29, 1.82) is 0 Å².